The van der Waals surface area contributed by atoms with Gasteiger partial charge in [0, 0.05) is 12.6 Å². The molecule has 0 saturated carbocycles. The molecule has 1 amide bonds. The first kappa shape index (κ1) is 14.4. The number of carbonyl (C=O) groups excluding carboxylic acids is 1. The number of thioether (sulfide) groups is 1. The van der Waals surface area contributed by atoms with E-state index in [1.165, 1.54) is 18.4 Å². The maximum atomic E-state index is 12.6. The van der Waals surface area contributed by atoms with Crippen LogP contribution in [-0.4, -0.2) is 27.9 Å². The Balaban J connectivity index is 2.04. The maximum absolute atomic E-state index is 12.6. The fraction of sp³-hybridized carbons (Fsp3) is 0.562. The minimum absolute atomic E-state index is 0.180. The molecular weight excluding hydrogens is 254 g/mol. The fourth-order valence-electron chi connectivity index (χ4n) is 2.42. The van der Waals surface area contributed by atoms with E-state index in [0.717, 1.165) is 18.7 Å². The molecule has 0 bridgehead atoms. The molecule has 1 fully saturated rings. The van der Waals surface area contributed by atoms with Gasteiger partial charge < -0.3 is 4.90 Å². The molecule has 1 heterocycles. The van der Waals surface area contributed by atoms with Crippen LogP contribution in [0.2, 0.25) is 0 Å². The number of rotatable bonds is 4. The second-order valence-corrected chi connectivity index (χ2v) is 6.71. The molecule has 1 aromatic carbocycles. The van der Waals surface area contributed by atoms with Gasteiger partial charge in [-0.2, -0.15) is 0 Å². The fourth-order valence-corrected chi connectivity index (χ4v) is 3.68. The number of carbonyl (C=O) groups is 1. The predicted molar refractivity (Wildman–Crippen MR) is 82.2 cm³/mol. The molecule has 1 aliphatic rings. The number of nitrogens with zero attached hydrogens (tertiary/aromatic N) is 1. The molecule has 1 atom stereocenters. The first-order valence-corrected chi connectivity index (χ1v) is 8.19. The van der Waals surface area contributed by atoms with Crippen LogP contribution >= 0.6 is 11.8 Å². The predicted octanol–water partition coefficient (Wildman–Crippen LogP) is 3.71. The minimum Gasteiger partial charge on any atom is -0.335 e. The number of amides is 1. The first-order valence-electron chi connectivity index (χ1n) is 7.14. The Morgan fingerprint density at radius 3 is 2.63 bits per heavy atom. The summed E-state index contributed by atoms with van der Waals surface area (Å²) < 4.78 is 0. The van der Waals surface area contributed by atoms with Gasteiger partial charge >= 0.3 is 0 Å². The van der Waals surface area contributed by atoms with Crippen LogP contribution in [0.25, 0.3) is 0 Å². The Labute approximate surface area is 120 Å². The van der Waals surface area contributed by atoms with E-state index in [1.807, 2.05) is 34.9 Å². The van der Waals surface area contributed by atoms with Gasteiger partial charge in [0.25, 0.3) is 0 Å². The quantitative estimate of drug-likeness (QED) is 0.836. The van der Waals surface area contributed by atoms with Crippen molar-refractivity contribution in [1.82, 2.24) is 4.90 Å². The first-order chi connectivity index (χ1) is 9.18. The highest BCUT2D eigenvalue weighted by Gasteiger charge is 2.27. The van der Waals surface area contributed by atoms with E-state index in [1.54, 1.807) is 0 Å². The number of hydrogen-bond donors (Lipinski definition) is 0. The van der Waals surface area contributed by atoms with Crippen LogP contribution in [-0.2, 0) is 11.3 Å². The zero-order chi connectivity index (χ0) is 13.7. The SMILES string of the molecule is CC(C)N(Cc1ccccc1)C(=O)C1CCCCS1. The van der Waals surface area contributed by atoms with Crippen LogP contribution in [0.5, 0.6) is 0 Å². The van der Waals surface area contributed by atoms with Gasteiger partial charge in [0.15, 0.2) is 0 Å². The monoisotopic (exact) mass is 277 g/mol. The van der Waals surface area contributed by atoms with Crippen molar-refractivity contribution in [1.29, 1.82) is 0 Å². The van der Waals surface area contributed by atoms with Crippen LogP contribution in [0.15, 0.2) is 30.3 Å². The molecular formula is C16H23NOS. The molecule has 104 valence electrons. The Morgan fingerprint density at radius 1 is 1.32 bits per heavy atom. The summed E-state index contributed by atoms with van der Waals surface area (Å²) in [6.07, 6.45) is 3.50. The standard InChI is InChI=1S/C16H23NOS/c1-13(2)17(12-14-8-4-3-5-9-14)16(18)15-10-6-7-11-19-15/h3-5,8-9,13,15H,6-7,10-12H2,1-2H3. The van der Waals surface area contributed by atoms with Gasteiger partial charge in [0.1, 0.15) is 0 Å². The van der Waals surface area contributed by atoms with Crippen molar-refractivity contribution in [2.24, 2.45) is 0 Å². The van der Waals surface area contributed by atoms with Crippen LogP contribution in [0.3, 0.4) is 0 Å². The van der Waals surface area contributed by atoms with Gasteiger partial charge in [-0.3, -0.25) is 4.79 Å². The average molecular weight is 277 g/mol. The molecule has 0 aromatic heterocycles. The summed E-state index contributed by atoms with van der Waals surface area (Å²) in [7, 11) is 0. The Kier molecular flexibility index (Phi) is 5.32. The lowest BCUT2D eigenvalue weighted by atomic mass is 10.1. The summed E-state index contributed by atoms with van der Waals surface area (Å²) in [5, 5.41) is 0.180. The van der Waals surface area contributed by atoms with E-state index in [0.29, 0.717) is 5.91 Å². The van der Waals surface area contributed by atoms with Crippen LogP contribution in [0.4, 0.5) is 0 Å². The van der Waals surface area contributed by atoms with Crippen molar-refractivity contribution in [3.05, 3.63) is 35.9 Å². The van der Waals surface area contributed by atoms with E-state index in [4.69, 9.17) is 0 Å². The summed E-state index contributed by atoms with van der Waals surface area (Å²) in [6, 6.07) is 10.5. The molecule has 2 rings (SSSR count). The zero-order valence-electron chi connectivity index (χ0n) is 11.8. The molecule has 0 spiro atoms. The molecule has 3 heteroatoms. The molecule has 0 radical (unpaired) electrons. The summed E-state index contributed by atoms with van der Waals surface area (Å²) in [5.74, 6) is 1.46. The lowest BCUT2D eigenvalue weighted by Crippen LogP contribution is -2.42. The highest BCUT2D eigenvalue weighted by atomic mass is 32.2. The molecule has 1 aliphatic heterocycles. The highest BCUT2D eigenvalue weighted by molar-refractivity contribution is 8.00. The summed E-state index contributed by atoms with van der Waals surface area (Å²) in [6.45, 7) is 4.94. The van der Waals surface area contributed by atoms with E-state index >= 15 is 0 Å². The van der Waals surface area contributed by atoms with Crippen molar-refractivity contribution in [2.75, 3.05) is 5.75 Å². The second kappa shape index (κ2) is 6.99. The van der Waals surface area contributed by atoms with E-state index in [2.05, 4.69) is 26.0 Å². The van der Waals surface area contributed by atoms with Gasteiger partial charge in [-0.1, -0.05) is 36.8 Å². The number of hydrogen-bond acceptors (Lipinski definition) is 2. The Hall–Kier alpha value is -0.960. The van der Waals surface area contributed by atoms with Gasteiger partial charge in [-0.15, -0.1) is 11.8 Å². The topological polar surface area (TPSA) is 20.3 Å². The molecule has 0 N–H and O–H groups in total. The summed E-state index contributed by atoms with van der Waals surface area (Å²) in [4.78, 5) is 14.7. The van der Waals surface area contributed by atoms with Crippen LogP contribution < -0.4 is 0 Å². The van der Waals surface area contributed by atoms with Crippen molar-refractivity contribution in [3.63, 3.8) is 0 Å². The van der Waals surface area contributed by atoms with E-state index < -0.39 is 0 Å². The smallest absolute Gasteiger partial charge is 0.236 e. The van der Waals surface area contributed by atoms with Crippen LogP contribution in [0.1, 0.15) is 38.7 Å². The third-order valence-corrected chi connectivity index (χ3v) is 4.92. The van der Waals surface area contributed by atoms with Crippen molar-refractivity contribution in [3.8, 4) is 0 Å². The zero-order valence-corrected chi connectivity index (χ0v) is 12.7. The normalized spacial score (nSPS) is 19.4. The molecule has 1 saturated heterocycles. The minimum atomic E-state index is 0.180. The lowest BCUT2D eigenvalue weighted by molar-refractivity contribution is -0.133. The van der Waals surface area contributed by atoms with Crippen molar-refractivity contribution >= 4 is 17.7 Å². The third kappa shape index (κ3) is 4.00. The molecule has 1 aromatic rings. The van der Waals surface area contributed by atoms with Gasteiger partial charge in [0.2, 0.25) is 5.91 Å². The molecule has 2 nitrogen and oxygen atoms in total. The maximum Gasteiger partial charge on any atom is 0.236 e. The molecule has 1 unspecified atom stereocenters. The molecule has 19 heavy (non-hydrogen) atoms. The highest BCUT2D eigenvalue weighted by Crippen LogP contribution is 2.27. The second-order valence-electron chi connectivity index (χ2n) is 5.40. The van der Waals surface area contributed by atoms with Gasteiger partial charge in [-0.25, -0.2) is 0 Å². The Bertz CT molecular complexity index is 398. The summed E-state index contributed by atoms with van der Waals surface area (Å²) >= 11 is 1.84. The summed E-state index contributed by atoms with van der Waals surface area (Å²) in [5.41, 5.74) is 1.21. The average Bonchev–Trinajstić information content (AvgIpc) is 2.46. The van der Waals surface area contributed by atoms with Gasteiger partial charge in [-0.05, 0) is 38.0 Å². The van der Waals surface area contributed by atoms with E-state index in [9.17, 15) is 4.79 Å². The number of benzene rings is 1. The third-order valence-electron chi connectivity index (χ3n) is 3.56. The van der Waals surface area contributed by atoms with Crippen molar-refractivity contribution in [2.45, 2.75) is 50.9 Å². The Morgan fingerprint density at radius 2 is 2.05 bits per heavy atom. The lowest BCUT2D eigenvalue weighted by Gasteiger charge is -2.32. The van der Waals surface area contributed by atoms with Crippen molar-refractivity contribution < 1.29 is 4.79 Å². The van der Waals surface area contributed by atoms with Gasteiger partial charge in [0.05, 0.1) is 5.25 Å². The van der Waals surface area contributed by atoms with Crippen LogP contribution in [0, 0.1) is 0 Å². The molecule has 0 aliphatic carbocycles. The van der Waals surface area contributed by atoms with E-state index in [-0.39, 0.29) is 11.3 Å². The largest absolute Gasteiger partial charge is 0.335 e.